The topological polar surface area (TPSA) is 37.8 Å². The third-order valence-corrected chi connectivity index (χ3v) is 3.74. The Hall–Kier alpha value is -0.0300. The van der Waals surface area contributed by atoms with Crippen molar-refractivity contribution in [3.63, 3.8) is 0 Å². The second-order valence-electron chi connectivity index (χ2n) is 3.65. The van der Waals surface area contributed by atoms with Crippen molar-refractivity contribution in [2.45, 2.75) is 30.3 Å². The summed E-state index contributed by atoms with van der Waals surface area (Å²) in [5, 5.41) is 12.7. The van der Waals surface area contributed by atoms with Gasteiger partial charge in [-0.05, 0) is 31.5 Å². The van der Waals surface area contributed by atoms with E-state index in [1.807, 2.05) is 6.07 Å². The monoisotopic (exact) mass is 279 g/mol. The standard InChI is InChI=1S/C10H14ClN3S.ClH/c11-9-4-5-10(14-13-9)15-7-8-3-1-2-6-12-8;/h4-5,8,12H,1-3,6-7H2;1H. The van der Waals surface area contributed by atoms with Gasteiger partial charge in [-0.15, -0.1) is 34.4 Å². The summed E-state index contributed by atoms with van der Waals surface area (Å²) in [7, 11) is 0. The fraction of sp³-hybridized carbons (Fsp3) is 0.600. The molecular formula is C10H15Cl2N3S. The van der Waals surface area contributed by atoms with Gasteiger partial charge >= 0.3 is 0 Å². The Morgan fingerprint density at radius 1 is 1.38 bits per heavy atom. The fourth-order valence-electron chi connectivity index (χ4n) is 1.63. The quantitative estimate of drug-likeness (QED) is 0.864. The number of hydrogen-bond donors (Lipinski definition) is 1. The number of nitrogens with zero attached hydrogens (tertiary/aromatic N) is 2. The molecule has 2 heterocycles. The highest BCUT2D eigenvalue weighted by molar-refractivity contribution is 7.99. The van der Waals surface area contributed by atoms with Gasteiger partial charge in [0.25, 0.3) is 0 Å². The average Bonchev–Trinajstić information content (AvgIpc) is 2.30. The lowest BCUT2D eigenvalue weighted by molar-refractivity contribution is 0.430. The van der Waals surface area contributed by atoms with Gasteiger partial charge in [0, 0.05) is 11.8 Å². The molecule has 2 rings (SSSR count). The van der Waals surface area contributed by atoms with Gasteiger partial charge in [-0.3, -0.25) is 0 Å². The van der Waals surface area contributed by atoms with Crippen molar-refractivity contribution in [3.05, 3.63) is 17.3 Å². The van der Waals surface area contributed by atoms with E-state index in [1.54, 1.807) is 17.8 Å². The zero-order valence-electron chi connectivity index (χ0n) is 8.86. The molecule has 1 saturated heterocycles. The number of piperidine rings is 1. The van der Waals surface area contributed by atoms with Crippen molar-refractivity contribution in [1.29, 1.82) is 0 Å². The van der Waals surface area contributed by atoms with Crippen molar-refractivity contribution < 1.29 is 0 Å². The Labute approximate surface area is 111 Å². The zero-order chi connectivity index (χ0) is 10.5. The lowest BCUT2D eigenvalue weighted by atomic mass is 10.1. The van der Waals surface area contributed by atoms with E-state index in [0.29, 0.717) is 11.2 Å². The molecule has 0 spiro atoms. The van der Waals surface area contributed by atoms with Crippen LogP contribution in [0.4, 0.5) is 0 Å². The molecule has 1 aromatic rings. The van der Waals surface area contributed by atoms with Gasteiger partial charge in [0.1, 0.15) is 5.03 Å². The predicted molar refractivity (Wildman–Crippen MR) is 70.7 cm³/mol. The van der Waals surface area contributed by atoms with Crippen LogP contribution in [-0.4, -0.2) is 28.5 Å². The van der Waals surface area contributed by atoms with E-state index in [4.69, 9.17) is 11.6 Å². The van der Waals surface area contributed by atoms with Crippen LogP contribution in [0.5, 0.6) is 0 Å². The minimum Gasteiger partial charge on any atom is -0.313 e. The molecule has 1 aromatic heterocycles. The van der Waals surface area contributed by atoms with Crippen LogP contribution in [0.3, 0.4) is 0 Å². The summed E-state index contributed by atoms with van der Waals surface area (Å²) in [6.07, 6.45) is 3.92. The van der Waals surface area contributed by atoms with Gasteiger partial charge in [0.05, 0.1) is 0 Å². The van der Waals surface area contributed by atoms with Crippen LogP contribution in [-0.2, 0) is 0 Å². The molecule has 1 atom stereocenters. The molecule has 3 nitrogen and oxygen atoms in total. The maximum Gasteiger partial charge on any atom is 0.151 e. The summed E-state index contributed by atoms with van der Waals surface area (Å²) in [5.74, 6) is 1.07. The molecule has 1 fully saturated rings. The predicted octanol–water partition coefficient (Wildman–Crippen LogP) is 2.79. The first-order valence-corrected chi connectivity index (χ1v) is 6.56. The summed E-state index contributed by atoms with van der Waals surface area (Å²) >= 11 is 7.41. The van der Waals surface area contributed by atoms with Crippen molar-refractivity contribution >= 4 is 35.8 Å². The maximum absolute atomic E-state index is 5.67. The Bertz CT molecular complexity index is 301. The lowest BCUT2D eigenvalue weighted by Crippen LogP contribution is -2.35. The van der Waals surface area contributed by atoms with Gasteiger partial charge in [-0.2, -0.15) is 0 Å². The van der Waals surface area contributed by atoms with Gasteiger partial charge in [0.2, 0.25) is 0 Å². The first-order valence-electron chi connectivity index (χ1n) is 5.20. The molecule has 1 N–H and O–H groups in total. The molecule has 6 heteroatoms. The summed E-state index contributed by atoms with van der Waals surface area (Å²) in [6, 6.07) is 4.33. The number of rotatable bonds is 3. The van der Waals surface area contributed by atoms with Gasteiger partial charge in [0.15, 0.2) is 5.15 Å². The highest BCUT2D eigenvalue weighted by atomic mass is 35.5. The molecular weight excluding hydrogens is 265 g/mol. The van der Waals surface area contributed by atoms with E-state index in [9.17, 15) is 0 Å². The number of halogens is 2. The molecule has 0 saturated carbocycles. The SMILES string of the molecule is Cl.Clc1ccc(SCC2CCCCN2)nn1. The van der Waals surface area contributed by atoms with Crippen molar-refractivity contribution in [2.24, 2.45) is 0 Å². The number of thioether (sulfide) groups is 1. The minimum atomic E-state index is 0. The lowest BCUT2D eigenvalue weighted by Gasteiger charge is -2.22. The minimum absolute atomic E-state index is 0. The molecule has 0 radical (unpaired) electrons. The molecule has 0 amide bonds. The van der Waals surface area contributed by atoms with E-state index >= 15 is 0 Å². The largest absolute Gasteiger partial charge is 0.313 e. The van der Waals surface area contributed by atoms with Crippen LogP contribution in [0, 0.1) is 0 Å². The van der Waals surface area contributed by atoms with E-state index in [1.165, 1.54) is 19.3 Å². The van der Waals surface area contributed by atoms with Crippen molar-refractivity contribution in [3.8, 4) is 0 Å². The fourth-order valence-corrected chi connectivity index (χ4v) is 2.65. The molecule has 0 aromatic carbocycles. The molecule has 1 aliphatic heterocycles. The Morgan fingerprint density at radius 3 is 2.88 bits per heavy atom. The van der Waals surface area contributed by atoms with E-state index in [0.717, 1.165) is 17.3 Å². The van der Waals surface area contributed by atoms with Crippen LogP contribution >= 0.6 is 35.8 Å². The van der Waals surface area contributed by atoms with Crippen LogP contribution in [0.25, 0.3) is 0 Å². The third-order valence-electron chi connectivity index (χ3n) is 2.45. The smallest absolute Gasteiger partial charge is 0.151 e. The normalized spacial score (nSPS) is 20.2. The van der Waals surface area contributed by atoms with Crippen LogP contribution in [0.1, 0.15) is 19.3 Å². The van der Waals surface area contributed by atoms with Crippen molar-refractivity contribution in [1.82, 2.24) is 15.5 Å². The summed E-state index contributed by atoms with van der Waals surface area (Å²) in [4.78, 5) is 0. The van der Waals surface area contributed by atoms with Crippen LogP contribution < -0.4 is 5.32 Å². The van der Waals surface area contributed by atoms with E-state index < -0.39 is 0 Å². The van der Waals surface area contributed by atoms with E-state index in [2.05, 4.69) is 15.5 Å². The molecule has 16 heavy (non-hydrogen) atoms. The average molecular weight is 280 g/mol. The maximum atomic E-state index is 5.67. The second kappa shape index (κ2) is 7.33. The summed E-state index contributed by atoms with van der Waals surface area (Å²) < 4.78 is 0. The molecule has 90 valence electrons. The summed E-state index contributed by atoms with van der Waals surface area (Å²) in [6.45, 7) is 1.15. The van der Waals surface area contributed by atoms with Crippen LogP contribution in [0.15, 0.2) is 17.2 Å². The molecule has 1 aliphatic rings. The third kappa shape index (κ3) is 4.45. The molecule has 0 aliphatic carbocycles. The zero-order valence-corrected chi connectivity index (χ0v) is 11.2. The van der Waals surface area contributed by atoms with Gasteiger partial charge < -0.3 is 5.32 Å². The van der Waals surface area contributed by atoms with Crippen molar-refractivity contribution in [2.75, 3.05) is 12.3 Å². The second-order valence-corrected chi connectivity index (χ2v) is 5.08. The number of aromatic nitrogens is 2. The Balaban J connectivity index is 0.00000128. The van der Waals surface area contributed by atoms with Gasteiger partial charge in [-0.25, -0.2) is 0 Å². The van der Waals surface area contributed by atoms with E-state index in [-0.39, 0.29) is 12.4 Å². The molecule has 0 bridgehead atoms. The van der Waals surface area contributed by atoms with Gasteiger partial charge in [-0.1, -0.05) is 18.0 Å². The first kappa shape index (κ1) is 14.0. The highest BCUT2D eigenvalue weighted by Gasteiger charge is 2.12. The number of nitrogens with one attached hydrogen (secondary N) is 1. The Morgan fingerprint density at radius 2 is 2.25 bits per heavy atom. The molecule has 1 unspecified atom stereocenters. The Kier molecular flexibility index (Phi) is 6.43. The van der Waals surface area contributed by atoms with Crippen LogP contribution in [0.2, 0.25) is 5.15 Å². The number of hydrogen-bond acceptors (Lipinski definition) is 4. The first-order chi connectivity index (χ1) is 7.34. The summed E-state index contributed by atoms with van der Waals surface area (Å²) in [5.41, 5.74) is 0. The highest BCUT2D eigenvalue weighted by Crippen LogP contribution is 2.19.